The third-order valence-corrected chi connectivity index (χ3v) is 5.78. The van der Waals surface area contributed by atoms with Gasteiger partial charge in [-0.2, -0.15) is 0 Å². The molecule has 0 unspecified atom stereocenters. The van der Waals surface area contributed by atoms with Crippen molar-refractivity contribution in [3.05, 3.63) is 63.1 Å². The Balaban J connectivity index is 1.59. The van der Waals surface area contributed by atoms with Gasteiger partial charge in [0.2, 0.25) is 0 Å². The lowest BCUT2D eigenvalue weighted by molar-refractivity contribution is 0.0235. The first kappa shape index (κ1) is 18.7. The number of carbonyl (C=O) groups is 1. The minimum atomic E-state index is -0.389. The number of hydrogen-bond acceptors (Lipinski definition) is 4. The van der Waals surface area contributed by atoms with Gasteiger partial charge in [0.25, 0.3) is 11.5 Å². The number of fused-ring (bicyclic) bond motifs is 1. The van der Waals surface area contributed by atoms with Crippen LogP contribution in [0, 0.1) is 5.92 Å². The van der Waals surface area contributed by atoms with Crippen LogP contribution in [-0.2, 0) is 6.42 Å². The van der Waals surface area contributed by atoms with Gasteiger partial charge in [-0.05, 0) is 60.1 Å². The SMILES string of the molecule is CC(C)c1ccc(C(=O)N[C@@H](c2ccc3c(c2)CCO3)C2CC(O)C2)c(=O)[nH]1. The Bertz CT molecular complexity index is 944. The van der Waals surface area contributed by atoms with Gasteiger partial charge in [-0.15, -0.1) is 0 Å². The van der Waals surface area contributed by atoms with Crippen LogP contribution in [0.5, 0.6) is 5.75 Å². The van der Waals surface area contributed by atoms with Crippen LogP contribution in [0.25, 0.3) is 0 Å². The van der Waals surface area contributed by atoms with Crippen LogP contribution in [0.2, 0.25) is 0 Å². The Kier molecular flexibility index (Phi) is 4.98. The lowest BCUT2D eigenvalue weighted by Crippen LogP contribution is -2.42. The number of pyridine rings is 1. The number of ether oxygens (including phenoxy) is 1. The van der Waals surface area contributed by atoms with Gasteiger partial charge in [0.1, 0.15) is 11.3 Å². The Labute approximate surface area is 163 Å². The van der Waals surface area contributed by atoms with Crippen molar-refractivity contribution in [3.8, 4) is 5.75 Å². The summed E-state index contributed by atoms with van der Waals surface area (Å²) in [7, 11) is 0. The number of benzene rings is 1. The highest BCUT2D eigenvalue weighted by Gasteiger charge is 2.36. The van der Waals surface area contributed by atoms with Crippen molar-refractivity contribution >= 4 is 5.91 Å². The molecule has 1 amide bonds. The third-order valence-electron chi connectivity index (χ3n) is 5.78. The molecule has 4 rings (SSSR count). The van der Waals surface area contributed by atoms with Crippen LogP contribution < -0.4 is 15.6 Å². The highest BCUT2D eigenvalue weighted by atomic mass is 16.5. The number of hydrogen-bond donors (Lipinski definition) is 3. The standard InChI is InChI=1S/C22H26N2O4/c1-12(2)18-5-4-17(21(26)23-18)22(27)24-20(15-10-16(25)11-15)14-3-6-19-13(9-14)7-8-28-19/h3-6,9,12,15-16,20,25H,7-8,10-11H2,1-2H3,(H,23,26)(H,24,27)/t15?,16?,20-/m0/s1. The van der Waals surface area contributed by atoms with E-state index in [2.05, 4.69) is 16.4 Å². The molecule has 1 fully saturated rings. The first-order chi connectivity index (χ1) is 13.4. The molecule has 0 radical (unpaired) electrons. The number of aliphatic hydroxyl groups excluding tert-OH is 1. The largest absolute Gasteiger partial charge is 0.493 e. The topological polar surface area (TPSA) is 91.4 Å². The molecule has 2 aliphatic rings. The molecule has 6 nitrogen and oxygen atoms in total. The van der Waals surface area contributed by atoms with Crippen LogP contribution in [0.1, 0.15) is 65.8 Å². The van der Waals surface area contributed by atoms with Crippen molar-refractivity contribution in [2.75, 3.05) is 6.61 Å². The maximum absolute atomic E-state index is 12.9. The van der Waals surface area contributed by atoms with Gasteiger partial charge in [-0.3, -0.25) is 9.59 Å². The zero-order valence-electron chi connectivity index (χ0n) is 16.2. The molecule has 1 saturated carbocycles. The predicted molar refractivity (Wildman–Crippen MR) is 106 cm³/mol. The summed E-state index contributed by atoms with van der Waals surface area (Å²) in [5, 5.41) is 12.8. The van der Waals surface area contributed by atoms with Crippen molar-refractivity contribution in [2.24, 2.45) is 5.92 Å². The van der Waals surface area contributed by atoms with E-state index in [0.29, 0.717) is 19.4 Å². The summed E-state index contributed by atoms with van der Waals surface area (Å²) >= 11 is 0. The molecule has 1 aromatic carbocycles. The van der Waals surface area contributed by atoms with E-state index in [-0.39, 0.29) is 41.0 Å². The van der Waals surface area contributed by atoms with Gasteiger partial charge in [-0.25, -0.2) is 0 Å². The second-order valence-electron chi connectivity index (χ2n) is 8.11. The fourth-order valence-electron chi connectivity index (χ4n) is 4.00. The fourth-order valence-corrected chi connectivity index (χ4v) is 4.00. The first-order valence-corrected chi connectivity index (χ1v) is 9.90. The van der Waals surface area contributed by atoms with E-state index in [0.717, 1.165) is 29.0 Å². The second kappa shape index (κ2) is 7.43. The quantitative estimate of drug-likeness (QED) is 0.741. The lowest BCUT2D eigenvalue weighted by Gasteiger charge is -2.38. The highest BCUT2D eigenvalue weighted by molar-refractivity contribution is 5.94. The highest BCUT2D eigenvalue weighted by Crippen LogP contribution is 2.39. The molecule has 2 aromatic rings. The van der Waals surface area contributed by atoms with Gasteiger partial charge >= 0.3 is 0 Å². The minimum Gasteiger partial charge on any atom is -0.493 e. The maximum atomic E-state index is 12.9. The van der Waals surface area contributed by atoms with Crippen LogP contribution in [0.3, 0.4) is 0 Å². The molecule has 6 heteroatoms. The van der Waals surface area contributed by atoms with Gasteiger partial charge in [0.05, 0.1) is 18.8 Å². The molecule has 0 bridgehead atoms. The van der Waals surface area contributed by atoms with Crippen LogP contribution >= 0.6 is 0 Å². The first-order valence-electron chi connectivity index (χ1n) is 9.90. The zero-order valence-corrected chi connectivity index (χ0v) is 16.2. The molecule has 148 valence electrons. The lowest BCUT2D eigenvalue weighted by atomic mass is 9.74. The molecule has 1 aromatic heterocycles. The van der Waals surface area contributed by atoms with E-state index in [1.807, 2.05) is 26.0 Å². The molecular formula is C22H26N2O4. The van der Waals surface area contributed by atoms with Gasteiger partial charge < -0.3 is 20.1 Å². The third kappa shape index (κ3) is 3.56. The Morgan fingerprint density at radius 2 is 2.04 bits per heavy atom. The molecule has 0 saturated heterocycles. The van der Waals surface area contributed by atoms with E-state index >= 15 is 0 Å². The summed E-state index contributed by atoms with van der Waals surface area (Å²) in [4.78, 5) is 28.1. The summed E-state index contributed by atoms with van der Waals surface area (Å²) in [5.41, 5.74) is 2.66. The number of aliphatic hydroxyl groups is 1. The van der Waals surface area contributed by atoms with E-state index in [1.54, 1.807) is 12.1 Å². The van der Waals surface area contributed by atoms with Crippen LogP contribution in [0.4, 0.5) is 0 Å². The minimum absolute atomic E-state index is 0.110. The summed E-state index contributed by atoms with van der Waals surface area (Å²) in [6.07, 6.45) is 1.81. The molecule has 1 atom stereocenters. The zero-order chi connectivity index (χ0) is 19.8. The Morgan fingerprint density at radius 1 is 1.25 bits per heavy atom. The molecule has 3 N–H and O–H groups in total. The normalized spacial score (nSPS) is 21.6. The molecule has 0 spiro atoms. The van der Waals surface area contributed by atoms with Crippen molar-refractivity contribution < 1.29 is 14.6 Å². The van der Waals surface area contributed by atoms with Crippen molar-refractivity contribution in [1.29, 1.82) is 0 Å². The van der Waals surface area contributed by atoms with Crippen molar-refractivity contribution in [2.45, 2.75) is 51.2 Å². The molecule has 28 heavy (non-hydrogen) atoms. The van der Waals surface area contributed by atoms with Gasteiger partial charge in [0, 0.05) is 12.1 Å². The number of aromatic amines is 1. The van der Waals surface area contributed by atoms with Crippen LogP contribution in [0.15, 0.2) is 35.1 Å². The second-order valence-corrected chi connectivity index (χ2v) is 8.11. The molecular weight excluding hydrogens is 356 g/mol. The van der Waals surface area contributed by atoms with Gasteiger partial charge in [-0.1, -0.05) is 19.9 Å². The van der Waals surface area contributed by atoms with E-state index in [4.69, 9.17) is 4.74 Å². The monoisotopic (exact) mass is 382 g/mol. The summed E-state index contributed by atoms with van der Waals surface area (Å²) < 4.78 is 5.57. The van der Waals surface area contributed by atoms with Crippen molar-refractivity contribution in [3.63, 3.8) is 0 Å². The number of rotatable bonds is 5. The fraction of sp³-hybridized carbons (Fsp3) is 0.455. The summed E-state index contributed by atoms with van der Waals surface area (Å²) in [6, 6.07) is 9.11. The van der Waals surface area contributed by atoms with E-state index < -0.39 is 0 Å². The van der Waals surface area contributed by atoms with E-state index in [1.165, 1.54) is 0 Å². The molecule has 2 heterocycles. The number of nitrogens with one attached hydrogen (secondary N) is 2. The maximum Gasteiger partial charge on any atom is 0.261 e. The Morgan fingerprint density at radius 3 is 2.71 bits per heavy atom. The molecule has 1 aliphatic heterocycles. The predicted octanol–water partition coefficient (Wildman–Crippen LogP) is 2.68. The smallest absolute Gasteiger partial charge is 0.261 e. The van der Waals surface area contributed by atoms with Crippen molar-refractivity contribution in [1.82, 2.24) is 10.3 Å². The van der Waals surface area contributed by atoms with Crippen LogP contribution in [-0.4, -0.2) is 28.7 Å². The number of amides is 1. The number of carbonyl (C=O) groups excluding carboxylic acids is 1. The summed E-state index contributed by atoms with van der Waals surface area (Å²) in [6.45, 7) is 4.65. The summed E-state index contributed by atoms with van der Waals surface area (Å²) in [5.74, 6) is 0.832. The number of H-pyrrole nitrogens is 1. The molecule has 1 aliphatic carbocycles. The Hall–Kier alpha value is -2.60. The van der Waals surface area contributed by atoms with E-state index in [9.17, 15) is 14.7 Å². The van der Waals surface area contributed by atoms with Gasteiger partial charge in [0.15, 0.2) is 0 Å². The number of aromatic nitrogens is 1. The average Bonchev–Trinajstić information content (AvgIpc) is 3.11. The average molecular weight is 382 g/mol.